The Morgan fingerprint density at radius 3 is 2.47 bits per heavy atom. The van der Waals surface area contributed by atoms with E-state index < -0.39 is 12.1 Å². The quantitative estimate of drug-likeness (QED) is 0.854. The molecule has 0 N–H and O–H groups in total. The summed E-state index contributed by atoms with van der Waals surface area (Å²) in [5, 5.41) is 0.760. The van der Waals surface area contributed by atoms with E-state index in [1.807, 2.05) is 4.90 Å². The molecule has 2 heterocycles. The molecule has 1 aliphatic rings. The lowest BCUT2D eigenvalue weighted by Crippen LogP contribution is -2.38. The number of aromatic nitrogens is 2. The van der Waals surface area contributed by atoms with E-state index in [4.69, 9.17) is 0 Å². The van der Waals surface area contributed by atoms with Gasteiger partial charge in [-0.05, 0) is 18.8 Å². The van der Waals surface area contributed by atoms with Crippen LogP contribution in [0.25, 0.3) is 0 Å². The fourth-order valence-corrected chi connectivity index (χ4v) is 2.97. The topological polar surface area (TPSA) is 29.0 Å². The number of rotatable bonds is 3. The average Bonchev–Trinajstić information content (AvgIpc) is 2.75. The molecule has 1 saturated heterocycles. The molecule has 1 aromatic heterocycles. The molecule has 0 unspecified atom stereocenters. The highest BCUT2D eigenvalue weighted by Crippen LogP contribution is 2.35. The Morgan fingerprint density at radius 2 is 1.95 bits per heavy atom. The van der Waals surface area contributed by atoms with E-state index in [0.29, 0.717) is 19.0 Å². The first kappa shape index (κ1) is 14.6. The van der Waals surface area contributed by atoms with E-state index in [0.717, 1.165) is 17.4 Å². The minimum Gasteiger partial charge on any atom is -0.347 e. The van der Waals surface area contributed by atoms with E-state index in [2.05, 4.69) is 23.2 Å². The van der Waals surface area contributed by atoms with Gasteiger partial charge in [-0.15, -0.1) is 0 Å². The molecule has 3 nitrogen and oxygen atoms in total. The predicted octanol–water partition coefficient (Wildman–Crippen LogP) is 3.52. The van der Waals surface area contributed by atoms with Crippen LogP contribution in [0.15, 0.2) is 0 Å². The van der Waals surface area contributed by atoms with Gasteiger partial charge >= 0.3 is 6.18 Å². The summed E-state index contributed by atoms with van der Waals surface area (Å²) in [5.74, 6) is 0.123. The third kappa shape index (κ3) is 3.81. The first-order chi connectivity index (χ1) is 8.86. The third-order valence-electron chi connectivity index (χ3n) is 3.28. The van der Waals surface area contributed by atoms with Crippen LogP contribution in [0, 0.1) is 11.8 Å². The number of hydrogen-bond donors (Lipinski definition) is 0. The first-order valence-electron chi connectivity index (χ1n) is 6.50. The summed E-state index contributed by atoms with van der Waals surface area (Å²) in [6.45, 7) is 5.02. The number of nitrogens with zero attached hydrogens (tertiary/aromatic N) is 3. The number of halogens is 3. The van der Waals surface area contributed by atoms with Crippen molar-refractivity contribution in [3.05, 3.63) is 5.82 Å². The lowest BCUT2D eigenvalue weighted by molar-refractivity contribution is -0.179. The predicted molar refractivity (Wildman–Crippen MR) is 69.4 cm³/mol. The summed E-state index contributed by atoms with van der Waals surface area (Å²) >= 11 is 1.29. The number of piperidine rings is 1. The van der Waals surface area contributed by atoms with E-state index in [9.17, 15) is 13.2 Å². The summed E-state index contributed by atoms with van der Waals surface area (Å²) in [5.41, 5.74) is 0. The minimum absolute atomic E-state index is 0.155. The van der Waals surface area contributed by atoms with Crippen LogP contribution in [0.4, 0.5) is 18.3 Å². The maximum atomic E-state index is 12.6. The van der Waals surface area contributed by atoms with Crippen molar-refractivity contribution in [1.82, 2.24) is 9.36 Å². The zero-order valence-electron chi connectivity index (χ0n) is 11.1. The molecule has 0 radical (unpaired) electrons. The smallest absolute Gasteiger partial charge is 0.347 e. The molecule has 0 saturated carbocycles. The zero-order chi connectivity index (χ0) is 14.0. The third-order valence-corrected chi connectivity index (χ3v) is 4.09. The Morgan fingerprint density at radius 1 is 1.32 bits per heavy atom. The van der Waals surface area contributed by atoms with E-state index in [-0.39, 0.29) is 12.8 Å². The molecule has 0 aromatic carbocycles. The molecular formula is C12H18F3N3S. The van der Waals surface area contributed by atoms with Gasteiger partial charge in [0, 0.05) is 31.0 Å². The summed E-state index contributed by atoms with van der Waals surface area (Å²) in [6, 6.07) is 0. The second-order valence-electron chi connectivity index (χ2n) is 5.39. The lowest BCUT2D eigenvalue weighted by Gasteiger charge is -2.32. The van der Waals surface area contributed by atoms with Crippen LogP contribution in [0.5, 0.6) is 0 Å². The van der Waals surface area contributed by atoms with Crippen molar-refractivity contribution in [3.8, 4) is 0 Å². The molecule has 1 fully saturated rings. The van der Waals surface area contributed by atoms with Crippen molar-refractivity contribution < 1.29 is 13.2 Å². The first-order valence-corrected chi connectivity index (χ1v) is 7.28. The van der Waals surface area contributed by atoms with E-state index in [1.165, 1.54) is 11.5 Å². The number of hydrogen-bond acceptors (Lipinski definition) is 4. The van der Waals surface area contributed by atoms with Crippen molar-refractivity contribution >= 4 is 16.7 Å². The van der Waals surface area contributed by atoms with Gasteiger partial charge in [-0.25, -0.2) is 4.98 Å². The van der Waals surface area contributed by atoms with Crippen LogP contribution < -0.4 is 4.90 Å². The van der Waals surface area contributed by atoms with Gasteiger partial charge in [0.2, 0.25) is 5.13 Å². The van der Waals surface area contributed by atoms with Gasteiger partial charge in [-0.1, -0.05) is 13.8 Å². The molecule has 7 heteroatoms. The van der Waals surface area contributed by atoms with E-state index >= 15 is 0 Å². The summed E-state index contributed by atoms with van der Waals surface area (Å²) in [6.07, 6.45) is -2.93. The number of anilines is 1. The monoisotopic (exact) mass is 293 g/mol. The van der Waals surface area contributed by atoms with E-state index in [1.54, 1.807) is 0 Å². The fraction of sp³-hybridized carbons (Fsp3) is 0.833. The summed E-state index contributed by atoms with van der Waals surface area (Å²) in [7, 11) is 0. The Balaban J connectivity index is 1.92. The van der Waals surface area contributed by atoms with Gasteiger partial charge in [0.05, 0.1) is 5.92 Å². The van der Waals surface area contributed by atoms with Gasteiger partial charge in [-0.3, -0.25) is 0 Å². The molecule has 0 aliphatic carbocycles. The molecule has 0 amide bonds. The van der Waals surface area contributed by atoms with Gasteiger partial charge in [0.25, 0.3) is 0 Å². The molecule has 1 aromatic rings. The maximum absolute atomic E-state index is 12.6. The highest BCUT2D eigenvalue weighted by Gasteiger charge is 2.41. The Hall–Kier alpha value is -0.850. The van der Waals surface area contributed by atoms with Crippen LogP contribution in [0.1, 0.15) is 32.5 Å². The van der Waals surface area contributed by atoms with Crippen molar-refractivity contribution in [2.24, 2.45) is 11.8 Å². The van der Waals surface area contributed by atoms with Gasteiger partial charge in [0.15, 0.2) is 0 Å². The zero-order valence-corrected chi connectivity index (χ0v) is 11.9. The molecule has 2 rings (SSSR count). The molecule has 108 valence electrons. The van der Waals surface area contributed by atoms with Crippen molar-refractivity contribution in [2.45, 2.75) is 39.3 Å². The van der Waals surface area contributed by atoms with Crippen LogP contribution in [0.3, 0.4) is 0 Å². The van der Waals surface area contributed by atoms with Crippen LogP contribution in [-0.4, -0.2) is 28.6 Å². The summed E-state index contributed by atoms with van der Waals surface area (Å²) < 4.78 is 42.0. The lowest BCUT2D eigenvalue weighted by atomic mass is 9.97. The largest absolute Gasteiger partial charge is 0.391 e. The Bertz CT molecular complexity index is 409. The SMILES string of the molecule is CC(C)Cc1nsc(N2CCC(C(F)(F)F)CC2)n1. The van der Waals surface area contributed by atoms with Gasteiger partial charge in [-0.2, -0.15) is 17.5 Å². The second-order valence-corrected chi connectivity index (χ2v) is 6.12. The van der Waals surface area contributed by atoms with Crippen LogP contribution in [-0.2, 0) is 6.42 Å². The average molecular weight is 293 g/mol. The molecule has 0 bridgehead atoms. The standard InChI is InChI=1S/C12H18F3N3S/c1-8(2)7-10-16-11(19-17-10)18-5-3-9(4-6-18)12(13,14)15/h8-9H,3-7H2,1-2H3. The number of alkyl halides is 3. The highest BCUT2D eigenvalue weighted by atomic mass is 32.1. The second kappa shape index (κ2) is 5.64. The molecule has 19 heavy (non-hydrogen) atoms. The van der Waals surface area contributed by atoms with Crippen LogP contribution >= 0.6 is 11.5 Å². The molecule has 0 atom stereocenters. The van der Waals surface area contributed by atoms with Crippen molar-refractivity contribution in [1.29, 1.82) is 0 Å². The van der Waals surface area contributed by atoms with Crippen LogP contribution in [0.2, 0.25) is 0 Å². The molecular weight excluding hydrogens is 275 g/mol. The Kier molecular flexibility index (Phi) is 4.32. The summed E-state index contributed by atoms with van der Waals surface area (Å²) in [4.78, 5) is 6.33. The van der Waals surface area contributed by atoms with Crippen molar-refractivity contribution in [3.63, 3.8) is 0 Å². The van der Waals surface area contributed by atoms with Gasteiger partial charge in [0.1, 0.15) is 5.82 Å². The fourth-order valence-electron chi connectivity index (χ4n) is 2.22. The maximum Gasteiger partial charge on any atom is 0.391 e. The van der Waals surface area contributed by atoms with Crippen molar-refractivity contribution in [2.75, 3.05) is 18.0 Å². The Labute approximate surface area is 115 Å². The highest BCUT2D eigenvalue weighted by molar-refractivity contribution is 7.09. The minimum atomic E-state index is -4.06. The normalized spacial score (nSPS) is 18.3. The van der Waals surface area contributed by atoms with Gasteiger partial charge < -0.3 is 4.90 Å². The molecule has 0 spiro atoms. The molecule has 1 aliphatic heterocycles.